The molecule has 0 saturated carbocycles. The topological polar surface area (TPSA) is 41.6 Å². The van der Waals surface area contributed by atoms with Gasteiger partial charge >= 0.3 is 0 Å². The molecule has 0 aromatic heterocycles. The van der Waals surface area contributed by atoms with Gasteiger partial charge in [-0.25, -0.2) is 4.39 Å². The van der Waals surface area contributed by atoms with Crippen molar-refractivity contribution in [2.24, 2.45) is 5.92 Å². The second-order valence-corrected chi connectivity index (χ2v) is 7.27. The first-order valence-corrected chi connectivity index (χ1v) is 9.61. The summed E-state index contributed by atoms with van der Waals surface area (Å²) < 4.78 is 19.9. The van der Waals surface area contributed by atoms with E-state index in [2.05, 4.69) is 5.32 Å². The average Bonchev–Trinajstić information content (AvgIpc) is 2.69. The summed E-state index contributed by atoms with van der Waals surface area (Å²) in [6.07, 6.45) is 3.12. The molecule has 3 rings (SSSR count). The van der Waals surface area contributed by atoms with Gasteiger partial charge in [-0.2, -0.15) is 0 Å². The van der Waals surface area contributed by atoms with Crippen molar-refractivity contribution in [3.05, 3.63) is 58.9 Å². The lowest BCUT2D eigenvalue weighted by molar-refractivity contribution is 0.0686. The van der Waals surface area contributed by atoms with Crippen LogP contribution < -0.4 is 10.1 Å². The summed E-state index contributed by atoms with van der Waals surface area (Å²) in [7, 11) is 1.95. The van der Waals surface area contributed by atoms with E-state index in [0.717, 1.165) is 38.9 Å². The zero-order valence-electron chi connectivity index (χ0n) is 15.4. The molecule has 6 heteroatoms. The monoisotopic (exact) mass is 390 g/mol. The molecule has 1 saturated heterocycles. The quantitative estimate of drug-likeness (QED) is 0.775. The Morgan fingerprint density at radius 3 is 2.56 bits per heavy atom. The molecule has 1 heterocycles. The number of nitrogens with one attached hydrogen (secondary N) is 1. The van der Waals surface area contributed by atoms with Crippen molar-refractivity contribution in [1.29, 1.82) is 0 Å². The SMILES string of the molecule is CNCCC1CCN(C(=O)c2ccc(Oc3ccc(Cl)cc3)c(F)c2)CC1. The molecular weight excluding hydrogens is 367 g/mol. The summed E-state index contributed by atoms with van der Waals surface area (Å²) in [6, 6.07) is 11.0. The minimum absolute atomic E-state index is 0.0830. The van der Waals surface area contributed by atoms with Crippen molar-refractivity contribution in [2.75, 3.05) is 26.7 Å². The van der Waals surface area contributed by atoms with Crippen molar-refractivity contribution in [1.82, 2.24) is 10.2 Å². The van der Waals surface area contributed by atoms with Gasteiger partial charge in [0.25, 0.3) is 5.91 Å². The van der Waals surface area contributed by atoms with Crippen LogP contribution in [0.2, 0.25) is 5.02 Å². The Kier molecular flexibility index (Phi) is 6.69. The molecule has 1 aliphatic rings. The van der Waals surface area contributed by atoms with Gasteiger partial charge in [0.2, 0.25) is 0 Å². The third-order valence-electron chi connectivity index (χ3n) is 4.92. The molecule has 1 N–H and O–H groups in total. The number of likely N-dealkylation sites (tertiary alicyclic amines) is 1. The van der Waals surface area contributed by atoms with Crippen LogP contribution >= 0.6 is 11.6 Å². The Hall–Kier alpha value is -2.11. The fourth-order valence-corrected chi connectivity index (χ4v) is 3.43. The molecule has 4 nitrogen and oxygen atoms in total. The smallest absolute Gasteiger partial charge is 0.253 e. The molecule has 0 atom stereocenters. The zero-order valence-corrected chi connectivity index (χ0v) is 16.1. The van der Waals surface area contributed by atoms with Crippen molar-refractivity contribution < 1.29 is 13.9 Å². The van der Waals surface area contributed by atoms with Gasteiger partial charge in [0.15, 0.2) is 11.6 Å². The number of amides is 1. The maximum Gasteiger partial charge on any atom is 0.253 e. The Morgan fingerprint density at radius 2 is 1.93 bits per heavy atom. The number of carbonyl (C=O) groups is 1. The van der Waals surface area contributed by atoms with Crippen molar-refractivity contribution >= 4 is 17.5 Å². The fourth-order valence-electron chi connectivity index (χ4n) is 3.30. The lowest BCUT2D eigenvalue weighted by atomic mass is 9.93. The van der Waals surface area contributed by atoms with E-state index in [4.69, 9.17) is 16.3 Å². The highest BCUT2D eigenvalue weighted by Crippen LogP contribution is 2.27. The maximum absolute atomic E-state index is 14.4. The summed E-state index contributed by atoms with van der Waals surface area (Å²) >= 11 is 5.83. The second-order valence-electron chi connectivity index (χ2n) is 6.83. The number of piperidine rings is 1. The normalized spacial score (nSPS) is 15.0. The molecule has 0 radical (unpaired) electrons. The maximum atomic E-state index is 14.4. The molecule has 1 amide bonds. The Labute approximate surface area is 164 Å². The van der Waals surface area contributed by atoms with E-state index in [1.807, 2.05) is 11.9 Å². The molecule has 27 heavy (non-hydrogen) atoms. The van der Waals surface area contributed by atoms with Gasteiger partial charge in [-0.3, -0.25) is 4.79 Å². The molecule has 0 spiro atoms. The van der Waals surface area contributed by atoms with Gasteiger partial charge in [0.05, 0.1) is 0 Å². The average molecular weight is 391 g/mol. The number of benzene rings is 2. The third-order valence-corrected chi connectivity index (χ3v) is 5.18. The molecule has 144 valence electrons. The van der Waals surface area contributed by atoms with Crippen molar-refractivity contribution in [3.8, 4) is 11.5 Å². The summed E-state index contributed by atoms with van der Waals surface area (Å²) in [4.78, 5) is 14.5. The van der Waals surface area contributed by atoms with Crippen LogP contribution in [0.3, 0.4) is 0 Å². The van der Waals surface area contributed by atoms with Gasteiger partial charge in [-0.1, -0.05) is 11.6 Å². The minimum atomic E-state index is -0.556. The van der Waals surface area contributed by atoms with Crippen LogP contribution in [0.4, 0.5) is 4.39 Å². The lowest BCUT2D eigenvalue weighted by Crippen LogP contribution is -2.39. The fraction of sp³-hybridized carbons (Fsp3) is 0.381. The highest BCUT2D eigenvalue weighted by Gasteiger charge is 2.24. The molecule has 2 aromatic rings. The van der Waals surface area contributed by atoms with Gasteiger partial charge in [0, 0.05) is 23.7 Å². The first kappa shape index (κ1) is 19.6. The standard InChI is InChI=1S/C21H24ClFN2O2/c1-24-11-8-15-9-12-25(13-10-15)21(26)16-2-7-20(19(23)14-16)27-18-5-3-17(22)4-6-18/h2-7,14-15,24H,8-13H2,1H3. The van der Waals surface area contributed by atoms with Gasteiger partial charge in [-0.05, 0) is 81.2 Å². The largest absolute Gasteiger partial charge is 0.454 e. The van der Waals surface area contributed by atoms with Gasteiger partial charge in [-0.15, -0.1) is 0 Å². The Bertz CT molecular complexity index is 774. The van der Waals surface area contributed by atoms with Crippen LogP contribution in [0.15, 0.2) is 42.5 Å². The van der Waals surface area contributed by atoms with Gasteiger partial charge < -0.3 is 15.0 Å². The Morgan fingerprint density at radius 1 is 1.22 bits per heavy atom. The summed E-state index contributed by atoms with van der Waals surface area (Å²) in [5.41, 5.74) is 0.352. The number of hydrogen-bond acceptors (Lipinski definition) is 3. The van der Waals surface area contributed by atoms with Crippen LogP contribution in [-0.2, 0) is 0 Å². The van der Waals surface area contributed by atoms with Crippen LogP contribution in [-0.4, -0.2) is 37.5 Å². The van der Waals surface area contributed by atoms with Gasteiger partial charge in [0.1, 0.15) is 5.75 Å². The summed E-state index contributed by atoms with van der Waals surface area (Å²) in [5, 5.41) is 3.75. The minimum Gasteiger partial charge on any atom is -0.454 e. The van der Waals surface area contributed by atoms with E-state index < -0.39 is 5.82 Å². The molecule has 2 aromatic carbocycles. The number of nitrogens with zero attached hydrogens (tertiary/aromatic N) is 1. The summed E-state index contributed by atoms with van der Waals surface area (Å²) in [6.45, 7) is 2.44. The van der Waals surface area contributed by atoms with Crippen LogP contribution in [0, 0.1) is 11.7 Å². The van der Waals surface area contributed by atoms with Crippen molar-refractivity contribution in [2.45, 2.75) is 19.3 Å². The number of carbonyl (C=O) groups excluding carboxylic acids is 1. The van der Waals surface area contributed by atoms with E-state index in [0.29, 0.717) is 22.3 Å². The zero-order chi connectivity index (χ0) is 19.2. The van der Waals surface area contributed by atoms with E-state index in [9.17, 15) is 9.18 Å². The molecule has 0 unspecified atom stereocenters. The predicted octanol–water partition coefficient (Wildman–Crippen LogP) is 4.73. The van der Waals surface area contributed by atoms with E-state index in [-0.39, 0.29) is 11.7 Å². The van der Waals surface area contributed by atoms with Crippen LogP contribution in [0.1, 0.15) is 29.6 Å². The number of ether oxygens (including phenoxy) is 1. The highest BCUT2D eigenvalue weighted by atomic mass is 35.5. The first-order valence-electron chi connectivity index (χ1n) is 9.23. The van der Waals surface area contributed by atoms with E-state index >= 15 is 0 Å². The predicted molar refractivity (Wildman–Crippen MR) is 105 cm³/mol. The van der Waals surface area contributed by atoms with Crippen LogP contribution in [0.25, 0.3) is 0 Å². The molecule has 0 bridgehead atoms. The summed E-state index contributed by atoms with van der Waals surface area (Å²) in [5.74, 6) is 0.535. The van der Waals surface area contributed by atoms with Crippen LogP contribution in [0.5, 0.6) is 11.5 Å². The van der Waals surface area contributed by atoms with E-state index in [1.165, 1.54) is 12.1 Å². The lowest BCUT2D eigenvalue weighted by Gasteiger charge is -2.32. The first-order chi connectivity index (χ1) is 13.1. The van der Waals surface area contributed by atoms with Crippen molar-refractivity contribution in [3.63, 3.8) is 0 Å². The van der Waals surface area contributed by atoms with E-state index in [1.54, 1.807) is 30.3 Å². The number of rotatable bonds is 6. The highest BCUT2D eigenvalue weighted by molar-refractivity contribution is 6.30. The molecule has 0 aliphatic carbocycles. The Balaban J connectivity index is 1.61. The number of halogens is 2. The molecule has 1 fully saturated rings. The third kappa shape index (κ3) is 5.21. The second kappa shape index (κ2) is 9.20. The number of hydrogen-bond donors (Lipinski definition) is 1. The molecular formula is C21H24ClFN2O2. The molecule has 1 aliphatic heterocycles.